The normalized spacial score (nSPS) is 19.9. The van der Waals surface area contributed by atoms with Gasteiger partial charge >= 0.3 is 5.97 Å². The zero-order valence-electron chi connectivity index (χ0n) is 14.5. The lowest BCUT2D eigenvalue weighted by atomic mass is 9.90. The van der Waals surface area contributed by atoms with Crippen LogP contribution in [0.5, 0.6) is 0 Å². The monoisotopic (exact) mass is 390 g/mol. The molecule has 2 aromatic carbocycles. The molecule has 3 rings (SSSR count). The van der Waals surface area contributed by atoms with Gasteiger partial charge in [0, 0.05) is 12.1 Å². The van der Waals surface area contributed by atoms with Gasteiger partial charge in [0.15, 0.2) is 0 Å². The molecule has 0 radical (unpaired) electrons. The predicted molar refractivity (Wildman–Crippen MR) is 96.3 cm³/mol. The Hall–Kier alpha value is -2.78. The maximum atomic E-state index is 13.1. The van der Waals surface area contributed by atoms with Crippen LogP contribution in [0.2, 0.25) is 0 Å². The highest BCUT2D eigenvalue weighted by molar-refractivity contribution is 7.89. The van der Waals surface area contributed by atoms with Gasteiger partial charge in [0.25, 0.3) is 5.69 Å². The van der Waals surface area contributed by atoms with E-state index < -0.39 is 33.0 Å². The van der Waals surface area contributed by atoms with E-state index in [9.17, 15) is 23.3 Å². The molecule has 9 heteroatoms. The molecular weight excluding hydrogens is 372 g/mol. The SMILES string of the molecule is CCOC(=O)[C@H]1C[C@@H](c2cccc([N+](=O)[O-])c2)N1S(=O)(=O)c1ccccc1. The Morgan fingerprint density at radius 1 is 1.22 bits per heavy atom. The van der Waals surface area contributed by atoms with Crippen LogP contribution in [0.15, 0.2) is 59.5 Å². The van der Waals surface area contributed by atoms with Crippen LogP contribution >= 0.6 is 0 Å². The lowest BCUT2D eigenvalue weighted by molar-refractivity contribution is -0.385. The number of non-ortho nitro benzene ring substituents is 1. The van der Waals surface area contributed by atoms with Gasteiger partial charge in [-0.3, -0.25) is 14.9 Å². The first-order valence-corrected chi connectivity index (χ1v) is 9.80. The van der Waals surface area contributed by atoms with E-state index in [2.05, 4.69) is 0 Å². The van der Waals surface area contributed by atoms with E-state index in [1.807, 2.05) is 0 Å². The van der Waals surface area contributed by atoms with Crippen LogP contribution in [0.3, 0.4) is 0 Å². The molecule has 1 fully saturated rings. The minimum absolute atomic E-state index is 0.0504. The summed E-state index contributed by atoms with van der Waals surface area (Å²) in [6.45, 7) is 1.78. The number of sulfonamides is 1. The molecule has 142 valence electrons. The Morgan fingerprint density at radius 3 is 2.56 bits per heavy atom. The van der Waals surface area contributed by atoms with Gasteiger partial charge < -0.3 is 4.74 Å². The molecule has 0 amide bonds. The number of nitro groups is 1. The first-order chi connectivity index (χ1) is 12.9. The van der Waals surface area contributed by atoms with Crippen LogP contribution in [0.25, 0.3) is 0 Å². The number of carbonyl (C=O) groups is 1. The summed E-state index contributed by atoms with van der Waals surface area (Å²) in [5.41, 5.74) is 0.327. The van der Waals surface area contributed by atoms with Gasteiger partial charge in [-0.05, 0) is 31.0 Å². The first-order valence-electron chi connectivity index (χ1n) is 8.36. The summed E-state index contributed by atoms with van der Waals surface area (Å²) in [5.74, 6) is -0.626. The second-order valence-electron chi connectivity index (χ2n) is 6.02. The molecule has 0 bridgehead atoms. The molecule has 0 aliphatic carbocycles. The van der Waals surface area contributed by atoms with Crippen LogP contribution < -0.4 is 0 Å². The highest BCUT2D eigenvalue weighted by atomic mass is 32.2. The van der Waals surface area contributed by atoms with Gasteiger partial charge in [-0.2, -0.15) is 4.31 Å². The maximum absolute atomic E-state index is 13.1. The number of nitrogens with zero attached hydrogens (tertiary/aromatic N) is 2. The van der Waals surface area contributed by atoms with Crippen molar-refractivity contribution in [2.45, 2.75) is 30.3 Å². The molecule has 0 saturated carbocycles. The van der Waals surface area contributed by atoms with Gasteiger partial charge in [0.05, 0.1) is 22.5 Å². The van der Waals surface area contributed by atoms with Crippen molar-refractivity contribution in [2.75, 3.05) is 6.61 Å². The van der Waals surface area contributed by atoms with Crippen LogP contribution in [-0.4, -0.2) is 36.3 Å². The fraction of sp³-hybridized carbons (Fsp3) is 0.278. The summed E-state index contributed by atoms with van der Waals surface area (Å²) in [5, 5.41) is 11.0. The Morgan fingerprint density at radius 2 is 1.93 bits per heavy atom. The van der Waals surface area contributed by atoms with Gasteiger partial charge in [0.1, 0.15) is 6.04 Å². The van der Waals surface area contributed by atoms with Crippen molar-refractivity contribution < 1.29 is 22.9 Å². The summed E-state index contributed by atoms with van der Waals surface area (Å²) in [7, 11) is -3.98. The second-order valence-corrected chi connectivity index (χ2v) is 7.86. The highest BCUT2D eigenvalue weighted by Crippen LogP contribution is 2.44. The third-order valence-corrected chi connectivity index (χ3v) is 6.34. The van der Waals surface area contributed by atoms with E-state index in [0.29, 0.717) is 5.56 Å². The van der Waals surface area contributed by atoms with Gasteiger partial charge in [-0.25, -0.2) is 8.42 Å². The Kier molecular flexibility index (Phi) is 5.24. The first kappa shape index (κ1) is 19.0. The van der Waals surface area contributed by atoms with E-state index in [4.69, 9.17) is 4.74 Å². The van der Waals surface area contributed by atoms with E-state index in [0.717, 1.165) is 4.31 Å². The zero-order chi connectivity index (χ0) is 19.6. The summed E-state index contributed by atoms with van der Waals surface area (Å²) in [6, 6.07) is 11.9. The summed E-state index contributed by atoms with van der Waals surface area (Å²) in [4.78, 5) is 22.8. The molecule has 2 atom stereocenters. The number of nitro benzene ring substituents is 1. The molecule has 0 N–H and O–H groups in total. The molecule has 0 unspecified atom stereocenters. The zero-order valence-corrected chi connectivity index (χ0v) is 15.3. The van der Waals surface area contributed by atoms with Crippen LogP contribution in [0.4, 0.5) is 5.69 Å². The van der Waals surface area contributed by atoms with Crippen LogP contribution in [0, 0.1) is 10.1 Å². The summed E-state index contributed by atoms with van der Waals surface area (Å²) >= 11 is 0. The number of hydrogen-bond donors (Lipinski definition) is 0. The van der Waals surface area contributed by atoms with Crippen molar-refractivity contribution in [3.8, 4) is 0 Å². The molecule has 1 heterocycles. The Balaban J connectivity index is 2.01. The number of ether oxygens (including phenoxy) is 1. The van der Waals surface area contributed by atoms with E-state index in [1.165, 1.54) is 30.3 Å². The lowest BCUT2D eigenvalue weighted by Crippen LogP contribution is -2.57. The predicted octanol–water partition coefficient (Wildman–Crippen LogP) is 2.66. The van der Waals surface area contributed by atoms with Crippen molar-refractivity contribution in [3.05, 3.63) is 70.3 Å². The minimum atomic E-state index is -3.98. The quantitative estimate of drug-likeness (QED) is 0.426. The van der Waals surface area contributed by atoms with Crippen LogP contribution in [-0.2, 0) is 19.6 Å². The number of carbonyl (C=O) groups excluding carboxylic acids is 1. The van der Waals surface area contributed by atoms with E-state index in [1.54, 1.807) is 31.2 Å². The van der Waals surface area contributed by atoms with E-state index >= 15 is 0 Å². The molecule has 2 aromatic rings. The number of hydrogen-bond acceptors (Lipinski definition) is 6. The summed E-state index contributed by atoms with van der Waals surface area (Å²) < 4.78 is 32.3. The van der Waals surface area contributed by atoms with Crippen molar-refractivity contribution in [3.63, 3.8) is 0 Å². The number of rotatable bonds is 6. The van der Waals surface area contributed by atoms with Crippen LogP contribution in [0.1, 0.15) is 24.9 Å². The topological polar surface area (TPSA) is 107 Å². The molecule has 27 heavy (non-hydrogen) atoms. The molecule has 1 aliphatic rings. The third kappa shape index (κ3) is 3.56. The largest absolute Gasteiger partial charge is 0.465 e. The van der Waals surface area contributed by atoms with Crippen molar-refractivity contribution >= 4 is 21.7 Å². The average Bonchev–Trinajstić information content (AvgIpc) is 2.62. The van der Waals surface area contributed by atoms with Gasteiger partial charge in [-0.15, -0.1) is 0 Å². The molecule has 0 aromatic heterocycles. The Bertz CT molecular complexity index is 961. The molecule has 8 nitrogen and oxygen atoms in total. The molecule has 0 spiro atoms. The average molecular weight is 390 g/mol. The van der Waals surface area contributed by atoms with Crippen molar-refractivity contribution in [1.29, 1.82) is 0 Å². The standard InChI is InChI=1S/C18H18N2O6S/c1-2-26-18(21)17-12-16(13-7-6-8-14(11-13)20(22)23)19(17)27(24,25)15-9-4-3-5-10-15/h3-11,16-17H,2,12H2,1H3/t16-,17+/m0/s1. The van der Waals surface area contributed by atoms with Gasteiger partial charge in [0.2, 0.25) is 10.0 Å². The highest BCUT2D eigenvalue weighted by Gasteiger charge is 2.51. The fourth-order valence-electron chi connectivity index (χ4n) is 3.11. The smallest absolute Gasteiger partial charge is 0.324 e. The van der Waals surface area contributed by atoms with Crippen molar-refractivity contribution in [2.24, 2.45) is 0 Å². The lowest BCUT2D eigenvalue weighted by Gasteiger charge is -2.45. The van der Waals surface area contributed by atoms with E-state index in [-0.39, 0.29) is 23.6 Å². The maximum Gasteiger partial charge on any atom is 0.324 e. The second kappa shape index (κ2) is 7.45. The number of benzene rings is 2. The van der Waals surface area contributed by atoms with Gasteiger partial charge in [-0.1, -0.05) is 30.3 Å². The molecule has 1 aliphatic heterocycles. The summed E-state index contributed by atoms with van der Waals surface area (Å²) in [6.07, 6.45) is 0.200. The number of esters is 1. The fourth-order valence-corrected chi connectivity index (χ4v) is 4.91. The van der Waals surface area contributed by atoms with Crippen molar-refractivity contribution in [1.82, 2.24) is 4.31 Å². The third-order valence-electron chi connectivity index (χ3n) is 4.40. The Labute approximate surface area is 156 Å². The molecule has 1 saturated heterocycles. The minimum Gasteiger partial charge on any atom is -0.465 e. The molecular formula is C18H18N2O6S.